The van der Waals surface area contributed by atoms with Crippen molar-refractivity contribution in [2.24, 2.45) is 5.41 Å². The number of hydrogen-bond donors (Lipinski definition) is 0. The maximum absolute atomic E-state index is 13.3. The van der Waals surface area contributed by atoms with Crippen molar-refractivity contribution in [1.82, 2.24) is 0 Å². The molecule has 0 N–H and O–H groups in total. The third kappa shape index (κ3) is 1.30. The molecule has 1 aliphatic rings. The van der Waals surface area contributed by atoms with Crippen LogP contribution in [0.15, 0.2) is 18.2 Å². The molecule has 1 aromatic rings. The van der Waals surface area contributed by atoms with Crippen molar-refractivity contribution in [3.05, 3.63) is 29.6 Å². The van der Waals surface area contributed by atoms with E-state index in [2.05, 4.69) is 6.07 Å². The van der Waals surface area contributed by atoms with Crippen molar-refractivity contribution in [1.29, 1.82) is 5.26 Å². The highest BCUT2D eigenvalue weighted by Gasteiger charge is 2.64. The topological polar surface area (TPSA) is 33.0 Å². The molecule has 1 aliphatic carbocycles. The van der Waals surface area contributed by atoms with Gasteiger partial charge < -0.3 is 4.74 Å². The predicted octanol–water partition coefficient (Wildman–Crippen LogP) is 3.03. The van der Waals surface area contributed by atoms with Crippen molar-refractivity contribution in [2.75, 3.05) is 7.11 Å². The van der Waals surface area contributed by atoms with Crippen LogP contribution in [0.2, 0.25) is 0 Å². The molecule has 3 heteroatoms. The van der Waals surface area contributed by atoms with Gasteiger partial charge in [-0.3, -0.25) is 0 Å². The largest absolute Gasteiger partial charge is 0.496 e. The average Bonchev–Trinajstić information content (AvgIpc) is 2.82. The van der Waals surface area contributed by atoms with E-state index in [0.717, 1.165) is 6.42 Å². The Kier molecular flexibility index (Phi) is 2.20. The molecule has 0 radical (unpaired) electrons. The van der Waals surface area contributed by atoms with E-state index in [1.54, 1.807) is 6.07 Å². The van der Waals surface area contributed by atoms with E-state index in [-0.39, 0.29) is 11.2 Å². The summed E-state index contributed by atoms with van der Waals surface area (Å²) < 4.78 is 18.5. The van der Waals surface area contributed by atoms with Crippen LogP contribution < -0.4 is 4.74 Å². The Morgan fingerprint density at radius 1 is 1.44 bits per heavy atom. The van der Waals surface area contributed by atoms with Crippen LogP contribution in [0, 0.1) is 22.6 Å². The van der Waals surface area contributed by atoms with Gasteiger partial charge in [0.25, 0.3) is 0 Å². The van der Waals surface area contributed by atoms with Crippen LogP contribution in [0.5, 0.6) is 5.75 Å². The number of methoxy groups -OCH3 is 1. The lowest BCUT2D eigenvalue weighted by atomic mass is 9.88. The summed E-state index contributed by atoms with van der Waals surface area (Å²) in [6, 6.07) is 6.66. The van der Waals surface area contributed by atoms with Gasteiger partial charge in [-0.2, -0.15) is 5.26 Å². The Bertz CT molecular complexity index is 475. The highest BCUT2D eigenvalue weighted by Crippen LogP contribution is 2.65. The van der Waals surface area contributed by atoms with Crippen LogP contribution in [0.3, 0.4) is 0 Å². The molecule has 1 atom stereocenters. The molecule has 0 heterocycles. The van der Waals surface area contributed by atoms with Gasteiger partial charge >= 0.3 is 0 Å². The van der Waals surface area contributed by atoms with Crippen molar-refractivity contribution in [3.8, 4) is 11.8 Å². The smallest absolute Gasteiger partial charge is 0.123 e. The second-order valence-corrected chi connectivity index (χ2v) is 4.92. The van der Waals surface area contributed by atoms with Gasteiger partial charge in [-0.1, -0.05) is 13.8 Å². The Hall–Kier alpha value is -1.56. The monoisotopic (exact) mass is 219 g/mol. The fraction of sp³-hybridized carbons (Fsp3) is 0.462. The summed E-state index contributed by atoms with van der Waals surface area (Å²) >= 11 is 0. The fourth-order valence-electron chi connectivity index (χ4n) is 2.34. The summed E-state index contributed by atoms with van der Waals surface area (Å²) in [5.74, 6) is 0.265. The Balaban J connectivity index is 2.57. The molecule has 1 saturated carbocycles. The second kappa shape index (κ2) is 3.21. The molecule has 0 spiro atoms. The first-order valence-electron chi connectivity index (χ1n) is 5.22. The standard InChI is InChI=1S/C13H14FNO/c1-12(2)7-13(12,8-15)10-6-9(14)4-5-11(10)16-3/h4-6H,7H2,1-3H3. The second-order valence-electron chi connectivity index (χ2n) is 4.92. The van der Waals surface area contributed by atoms with E-state index in [0.29, 0.717) is 11.3 Å². The minimum absolute atomic E-state index is 0.108. The summed E-state index contributed by atoms with van der Waals surface area (Å²) in [6.07, 6.45) is 0.746. The zero-order valence-electron chi connectivity index (χ0n) is 9.67. The molecule has 0 aliphatic heterocycles. The molecule has 84 valence electrons. The van der Waals surface area contributed by atoms with Crippen molar-refractivity contribution < 1.29 is 9.13 Å². The van der Waals surface area contributed by atoms with E-state index >= 15 is 0 Å². The third-order valence-corrected chi connectivity index (χ3v) is 3.55. The quantitative estimate of drug-likeness (QED) is 0.766. The first-order chi connectivity index (χ1) is 7.47. The minimum atomic E-state index is -0.597. The van der Waals surface area contributed by atoms with Crippen LogP contribution >= 0.6 is 0 Å². The Labute approximate surface area is 94.7 Å². The van der Waals surface area contributed by atoms with E-state index in [9.17, 15) is 9.65 Å². The van der Waals surface area contributed by atoms with Crippen LogP contribution in [0.4, 0.5) is 4.39 Å². The number of rotatable bonds is 2. The van der Waals surface area contributed by atoms with Gasteiger partial charge in [0.15, 0.2) is 0 Å². The third-order valence-electron chi connectivity index (χ3n) is 3.55. The predicted molar refractivity (Wildman–Crippen MR) is 58.6 cm³/mol. The Morgan fingerprint density at radius 3 is 2.50 bits per heavy atom. The summed E-state index contributed by atoms with van der Waals surface area (Å²) in [6.45, 7) is 4.03. The Morgan fingerprint density at radius 2 is 2.06 bits per heavy atom. The molecule has 1 unspecified atom stereocenters. The normalized spacial score (nSPS) is 25.9. The molecule has 0 saturated heterocycles. The minimum Gasteiger partial charge on any atom is -0.496 e. The molecule has 16 heavy (non-hydrogen) atoms. The van der Waals surface area contributed by atoms with E-state index in [4.69, 9.17) is 4.74 Å². The van der Waals surface area contributed by atoms with Crippen LogP contribution in [0.25, 0.3) is 0 Å². The SMILES string of the molecule is COc1ccc(F)cc1C1(C#N)CC1(C)C. The van der Waals surface area contributed by atoms with Gasteiger partial charge in [0, 0.05) is 5.56 Å². The van der Waals surface area contributed by atoms with Gasteiger partial charge in [0.2, 0.25) is 0 Å². The molecule has 1 fully saturated rings. The highest BCUT2D eigenvalue weighted by atomic mass is 19.1. The molecule has 0 bridgehead atoms. The average molecular weight is 219 g/mol. The van der Waals surface area contributed by atoms with Gasteiger partial charge in [-0.25, -0.2) is 4.39 Å². The molecular weight excluding hydrogens is 205 g/mol. The summed E-state index contributed by atoms with van der Waals surface area (Å²) in [5.41, 5.74) is -0.0361. The number of ether oxygens (including phenoxy) is 1. The highest BCUT2D eigenvalue weighted by molar-refractivity contribution is 5.51. The molecule has 2 nitrogen and oxygen atoms in total. The van der Waals surface area contributed by atoms with Crippen molar-refractivity contribution >= 4 is 0 Å². The number of nitriles is 1. The van der Waals surface area contributed by atoms with Crippen molar-refractivity contribution in [2.45, 2.75) is 25.7 Å². The van der Waals surface area contributed by atoms with Gasteiger partial charge in [0.1, 0.15) is 11.6 Å². The zero-order chi connectivity index (χ0) is 12.0. The zero-order valence-corrected chi connectivity index (χ0v) is 9.67. The fourth-order valence-corrected chi connectivity index (χ4v) is 2.34. The first kappa shape index (κ1) is 10.9. The van der Waals surface area contributed by atoms with Gasteiger partial charge in [-0.05, 0) is 30.0 Å². The summed E-state index contributed by atoms with van der Waals surface area (Å²) in [4.78, 5) is 0. The van der Waals surface area contributed by atoms with Crippen molar-refractivity contribution in [3.63, 3.8) is 0 Å². The number of nitrogens with zero attached hydrogens (tertiary/aromatic N) is 1. The molecule has 2 rings (SSSR count). The van der Waals surface area contributed by atoms with E-state index in [1.165, 1.54) is 19.2 Å². The maximum Gasteiger partial charge on any atom is 0.123 e. The number of halogens is 1. The number of benzene rings is 1. The summed E-state index contributed by atoms with van der Waals surface area (Å²) in [5, 5.41) is 9.33. The van der Waals surface area contributed by atoms with E-state index in [1.807, 2.05) is 13.8 Å². The van der Waals surface area contributed by atoms with Crippen LogP contribution in [0.1, 0.15) is 25.8 Å². The van der Waals surface area contributed by atoms with E-state index < -0.39 is 5.41 Å². The first-order valence-corrected chi connectivity index (χ1v) is 5.22. The maximum atomic E-state index is 13.3. The lowest BCUT2D eigenvalue weighted by Gasteiger charge is -2.16. The lowest BCUT2D eigenvalue weighted by molar-refractivity contribution is 0.401. The van der Waals surface area contributed by atoms with Crippen LogP contribution in [-0.2, 0) is 5.41 Å². The summed E-state index contributed by atoms with van der Waals surface area (Å²) in [7, 11) is 1.54. The molecule has 0 amide bonds. The molecular formula is C13H14FNO. The lowest BCUT2D eigenvalue weighted by Crippen LogP contribution is -2.13. The number of hydrogen-bond acceptors (Lipinski definition) is 2. The van der Waals surface area contributed by atoms with Gasteiger partial charge in [0.05, 0.1) is 18.6 Å². The van der Waals surface area contributed by atoms with Crippen LogP contribution in [-0.4, -0.2) is 7.11 Å². The molecule has 0 aromatic heterocycles. The molecule has 1 aromatic carbocycles. The van der Waals surface area contributed by atoms with Gasteiger partial charge in [-0.15, -0.1) is 0 Å².